The summed E-state index contributed by atoms with van der Waals surface area (Å²) in [6.45, 7) is 3.72. The van der Waals surface area contributed by atoms with E-state index in [1.165, 1.54) is 5.56 Å². The monoisotopic (exact) mass is 296 g/mol. The Kier molecular flexibility index (Phi) is 5.98. The number of rotatable bonds is 6. The smallest absolute Gasteiger partial charge is 0.193 e. The number of hydrogen-bond donors (Lipinski definition) is 2. The Hall–Kier alpha value is -2.33. The fourth-order valence-corrected chi connectivity index (χ4v) is 2.11. The molecule has 0 aliphatic carbocycles. The second-order valence-corrected chi connectivity index (χ2v) is 5.47. The number of anilines is 1. The highest BCUT2D eigenvalue weighted by atomic mass is 15.2. The van der Waals surface area contributed by atoms with Gasteiger partial charge < -0.3 is 11.1 Å². The summed E-state index contributed by atoms with van der Waals surface area (Å²) in [5.74, 6) is 0.450. The highest BCUT2D eigenvalue weighted by Crippen LogP contribution is 2.07. The molecule has 0 radical (unpaired) electrons. The third kappa shape index (κ3) is 5.22. The van der Waals surface area contributed by atoms with Crippen molar-refractivity contribution in [3.8, 4) is 0 Å². The van der Waals surface area contributed by atoms with Gasteiger partial charge in [0.05, 0.1) is 6.54 Å². The second-order valence-electron chi connectivity index (χ2n) is 5.47. The first-order valence-electron chi connectivity index (χ1n) is 7.51. The summed E-state index contributed by atoms with van der Waals surface area (Å²) >= 11 is 0. The van der Waals surface area contributed by atoms with Crippen LogP contribution < -0.4 is 11.1 Å². The molecule has 2 aromatic rings. The molecule has 0 aliphatic rings. The van der Waals surface area contributed by atoms with Crippen LogP contribution in [-0.4, -0.2) is 30.5 Å². The molecule has 2 rings (SSSR count). The molecule has 0 fully saturated rings. The van der Waals surface area contributed by atoms with Crippen LogP contribution in [-0.2, 0) is 6.54 Å². The van der Waals surface area contributed by atoms with Gasteiger partial charge in [-0.1, -0.05) is 48.5 Å². The quantitative estimate of drug-likeness (QED) is 0.636. The summed E-state index contributed by atoms with van der Waals surface area (Å²) in [6, 6.07) is 20.6. The average Bonchev–Trinajstić information content (AvgIpc) is 2.54. The summed E-state index contributed by atoms with van der Waals surface area (Å²) in [4.78, 5) is 6.70. The molecule has 4 nitrogen and oxygen atoms in total. The zero-order chi connectivity index (χ0) is 15.8. The zero-order valence-corrected chi connectivity index (χ0v) is 13.2. The van der Waals surface area contributed by atoms with Gasteiger partial charge in [-0.25, -0.2) is 0 Å². The van der Waals surface area contributed by atoms with Crippen LogP contribution in [0.15, 0.2) is 65.7 Å². The molecule has 0 saturated heterocycles. The fraction of sp³-hybridized carbons (Fsp3) is 0.278. The number of benzene rings is 2. The van der Waals surface area contributed by atoms with Gasteiger partial charge in [-0.3, -0.25) is 9.89 Å². The Morgan fingerprint density at radius 2 is 1.68 bits per heavy atom. The number of nitrogens with two attached hydrogens (primary N) is 1. The van der Waals surface area contributed by atoms with Gasteiger partial charge >= 0.3 is 0 Å². The maximum absolute atomic E-state index is 5.93. The molecule has 0 saturated carbocycles. The van der Waals surface area contributed by atoms with E-state index in [0.29, 0.717) is 18.5 Å². The summed E-state index contributed by atoms with van der Waals surface area (Å²) in [5, 5.41) is 3.10. The maximum atomic E-state index is 5.93. The van der Waals surface area contributed by atoms with E-state index in [-0.39, 0.29) is 0 Å². The molecule has 0 heterocycles. The number of guanidine groups is 1. The van der Waals surface area contributed by atoms with Crippen molar-refractivity contribution in [1.82, 2.24) is 4.90 Å². The molecular weight excluding hydrogens is 272 g/mol. The summed E-state index contributed by atoms with van der Waals surface area (Å²) < 4.78 is 0. The first-order valence-corrected chi connectivity index (χ1v) is 7.51. The van der Waals surface area contributed by atoms with E-state index >= 15 is 0 Å². The second kappa shape index (κ2) is 8.20. The first-order chi connectivity index (χ1) is 10.6. The minimum atomic E-state index is 0.316. The van der Waals surface area contributed by atoms with Crippen LogP contribution in [0.5, 0.6) is 0 Å². The number of nitrogens with zero attached hydrogens (tertiary/aromatic N) is 2. The summed E-state index contributed by atoms with van der Waals surface area (Å²) in [7, 11) is 2.11. The van der Waals surface area contributed by atoms with Crippen LogP contribution in [0.2, 0.25) is 0 Å². The number of aliphatic imine (C=N–C) groups is 1. The van der Waals surface area contributed by atoms with Gasteiger partial charge in [-0.05, 0) is 31.7 Å². The van der Waals surface area contributed by atoms with Crippen molar-refractivity contribution in [3.63, 3.8) is 0 Å². The Bertz CT molecular complexity index is 581. The van der Waals surface area contributed by atoms with Crippen LogP contribution in [0, 0.1) is 0 Å². The SMILES string of the molecule is CC(CN=C(N)Nc1ccccc1)N(C)Cc1ccccc1. The molecule has 0 aromatic heterocycles. The highest BCUT2D eigenvalue weighted by molar-refractivity contribution is 5.92. The van der Waals surface area contributed by atoms with Gasteiger partial charge in [0.1, 0.15) is 0 Å². The number of nitrogens with one attached hydrogen (secondary N) is 1. The minimum absolute atomic E-state index is 0.316. The molecule has 0 spiro atoms. The van der Waals surface area contributed by atoms with Crippen LogP contribution in [0.4, 0.5) is 5.69 Å². The lowest BCUT2D eigenvalue weighted by Crippen LogP contribution is -2.32. The van der Waals surface area contributed by atoms with Gasteiger partial charge in [-0.15, -0.1) is 0 Å². The molecule has 0 aliphatic heterocycles. The standard InChI is InChI=1S/C18H24N4/c1-15(22(2)14-16-9-5-3-6-10-16)13-20-18(19)21-17-11-7-4-8-12-17/h3-12,15H,13-14H2,1-2H3,(H3,19,20,21). The average molecular weight is 296 g/mol. The van der Waals surface area contributed by atoms with E-state index < -0.39 is 0 Å². The van der Waals surface area contributed by atoms with Crippen molar-refractivity contribution in [1.29, 1.82) is 0 Å². The molecule has 1 atom stereocenters. The number of para-hydroxylation sites is 1. The van der Waals surface area contributed by atoms with Crippen LogP contribution in [0.1, 0.15) is 12.5 Å². The lowest BCUT2D eigenvalue weighted by molar-refractivity contribution is 0.255. The van der Waals surface area contributed by atoms with Crippen molar-refractivity contribution < 1.29 is 0 Å². The van der Waals surface area contributed by atoms with Crippen LogP contribution in [0.25, 0.3) is 0 Å². The van der Waals surface area contributed by atoms with Crippen molar-refractivity contribution >= 4 is 11.6 Å². The molecule has 2 aromatic carbocycles. The number of likely N-dealkylation sites (N-methyl/N-ethyl adjacent to an activating group) is 1. The van der Waals surface area contributed by atoms with Crippen LogP contribution >= 0.6 is 0 Å². The zero-order valence-electron chi connectivity index (χ0n) is 13.2. The van der Waals surface area contributed by atoms with Gasteiger partial charge in [0.15, 0.2) is 5.96 Å². The first kappa shape index (κ1) is 16.0. The molecular formula is C18H24N4. The van der Waals surface area contributed by atoms with E-state index in [2.05, 4.69) is 53.4 Å². The highest BCUT2D eigenvalue weighted by Gasteiger charge is 2.09. The van der Waals surface area contributed by atoms with Crippen molar-refractivity contribution in [2.45, 2.75) is 19.5 Å². The molecule has 1 unspecified atom stereocenters. The fourth-order valence-electron chi connectivity index (χ4n) is 2.11. The molecule has 3 N–H and O–H groups in total. The van der Waals surface area contributed by atoms with E-state index in [1.807, 2.05) is 36.4 Å². The van der Waals surface area contributed by atoms with E-state index in [1.54, 1.807) is 0 Å². The normalized spacial score (nSPS) is 13.1. The van der Waals surface area contributed by atoms with E-state index in [4.69, 9.17) is 5.73 Å². The lowest BCUT2D eigenvalue weighted by Gasteiger charge is -2.23. The molecule has 22 heavy (non-hydrogen) atoms. The van der Waals surface area contributed by atoms with Crippen molar-refractivity contribution in [3.05, 3.63) is 66.2 Å². The Morgan fingerprint density at radius 3 is 2.32 bits per heavy atom. The Balaban J connectivity index is 1.83. The van der Waals surface area contributed by atoms with Gasteiger partial charge in [0.2, 0.25) is 0 Å². The van der Waals surface area contributed by atoms with Gasteiger partial charge in [0, 0.05) is 18.3 Å². The molecule has 116 valence electrons. The predicted molar refractivity (Wildman–Crippen MR) is 93.9 cm³/mol. The van der Waals surface area contributed by atoms with Gasteiger partial charge in [-0.2, -0.15) is 0 Å². The van der Waals surface area contributed by atoms with E-state index in [9.17, 15) is 0 Å². The van der Waals surface area contributed by atoms with E-state index in [0.717, 1.165) is 12.2 Å². The minimum Gasteiger partial charge on any atom is -0.370 e. The third-order valence-corrected chi connectivity index (χ3v) is 3.60. The molecule has 4 heteroatoms. The summed E-state index contributed by atoms with van der Waals surface area (Å²) in [6.07, 6.45) is 0. The Morgan fingerprint density at radius 1 is 1.09 bits per heavy atom. The molecule has 0 bridgehead atoms. The van der Waals surface area contributed by atoms with Crippen molar-refractivity contribution in [2.24, 2.45) is 10.7 Å². The largest absolute Gasteiger partial charge is 0.370 e. The van der Waals surface area contributed by atoms with Crippen molar-refractivity contribution in [2.75, 3.05) is 18.9 Å². The Labute approximate surface area is 132 Å². The molecule has 0 amide bonds. The maximum Gasteiger partial charge on any atom is 0.193 e. The predicted octanol–water partition coefficient (Wildman–Crippen LogP) is 2.93. The lowest BCUT2D eigenvalue weighted by atomic mass is 10.2. The number of hydrogen-bond acceptors (Lipinski definition) is 2. The topological polar surface area (TPSA) is 53.6 Å². The third-order valence-electron chi connectivity index (χ3n) is 3.60. The van der Waals surface area contributed by atoms with Crippen LogP contribution in [0.3, 0.4) is 0 Å². The van der Waals surface area contributed by atoms with Gasteiger partial charge in [0.25, 0.3) is 0 Å². The summed E-state index contributed by atoms with van der Waals surface area (Å²) in [5.41, 5.74) is 8.18.